The number of carbonyl (C=O) groups excluding carboxylic acids is 1. The Hall–Kier alpha value is -2.57. The summed E-state index contributed by atoms with van der Waals surface area (Å²) in [6, 6.07) is 1.30. The lowest BCUT2D eigenvalue weighted by molar-refractivity contribution is 0.0680. The van der Waals surface area contributed by atoms with Crippen LogP contribution in [-0.2, 0) is 0 Å². The van der Waals surface area contributed by atoms with E-state index in [1.807, 2.05) is 0 Å². The van der Waals surface area contributed by atoms with Crippen LogP contribution in [0.2, 0.25) is 0 Å². The third-order valence-corrected chi connectivity index (χ3v) is 2.51. The van der Waals surface area contributed by atoms with Gasteiger partial charge in [0.05, 0.1) is 10.9 Å². The van der Waals surface area contributed by atoms with E-state index in [2.05, 4.69) is 9.97 Å². The van der Waals surface area contributed by atoms with Crippen LogP contribution in [0.1, 0.15) is 20.8 Å². The molecule has 7 heteroatoms. The maximum Gasteiger partial charge on any atom is 0.353 e. The summed E-state index contributed by atoms with van der Waals surface area (Å²) in [5.74, 6) is -1.98. The van der Waals surface area contributed by atoms with Gasteiger partial charge >= 0.3 is 5.97 Å². The molecule has 2 aromatic heterocycles. The number of carboxylic acid groups (broad SMARTS) is 1. The smallest absolute Gasteiger partial charge is 0.353 e. The lowest BCUT2D eigenvalue weighted by atomic mass is 10.1. The predicted octanol–water partition coefficient (Wildman–Crippen LogP) is 0.668. The van der Waals surface area contributed by atoms with E-state index >= 15 is 0 Å². The molecule has 0 aliphatic heterocycles. The number of rotatable bonds is 2. The van der Waals surface area contributed by atoms with Crippen LogP contribution in [0, 0.1) is 0 Å². The van der Waals surface area contributed by atoms with Gasteiger partial charge in [0, 0.05) is 20.3 Å². The van der Waals surface area contributed by atoms with Crippen molar-refractivity contribution in [3.63, 3.8) is 0 Å². The van der Waals surface area contributed by atoms with Crippen molar-refractivity contribution in [1.82, 2.24) is 14.9 Å². The summed E-state index contributed by atoms with van der Waals surface area (Å²) in [5.41, 5.74) is -0.205. The summed E-state index contributed by atoms with van der Waals surface area (Å²) in [5, 5.41) is 19.0. The Morgan fingerprint density at radius 1 is 1.39 bits per heavy atom. The molecule has 2 heterocycles. The van der Waals surface area contributed by atoms with E-state index in [1.165, 1.54) is 31.3 Å². The van der Waals surface area contributed by atoms with Gasteiger partial charge in [0.2, 0.25) is 0 Å². The quantitative estimate of drug-likeness (QED) is 0.725. The zero-order chi connectivity index (χ0) is 13.4. The first-order valence-electron chi connectivity index (χ1n) is 5.08. The molecule has 0 spiro atoms. The molecule has 0 bridgehead atoms. The van der Waals surface area contributed by atoms with Crippen LogP contribution in [0.15, 0.2) is 12.3 Å². The number of fused-ring (bicyclic) bond motifs is 1. The molecule has 1 amide bonds. The molecule has 0 radical (unpaired) electrons. The third kappa shape index (κ3) is 1.65. The van der Waals surface area contributed by atoms with Crippen molar-refractivity contribution in [2.45, 2.75) is 0 Å². The number of H-pyrrole nitrogens is 1. The van der Waals surface area contributed by atoms with E-state index in [1.54, 1.807) is 0 Å². The first-order chi connectivity index (χ1) is 8.43. The number of aromatic carboxylic acids is 1. The van der Waals surface area contributed by atoms with Gasteiger partial charge in [-0.15, -0.1) is 0 Å². The highest BCUT2D eigenvalue weighted by atomic mass is 16.4. The molecule has 94 valence electrons. The van der Waals surface area contributed by atoms with Crippen molar-refractivity contribution in [2.75, 3.05) is 14.1 Å². The van der Waals surface area contributed by atoms with Gasteiger partial charge in [-0.3, -0.25) is 4.79 Å². The highest BCUT2D eigenvalue weighted by Crippen LogP contribution is 2.29. The van der Waals surface area contributed by atoms with Crippen LogP contribution in [0.25, 0.3) is 11.0 Å². The van der Waals surface area contributed by atoms with Crippen LogP contribution in [-0.4, -0.2) is 51.1 Å². The molecule has 0 aliphatic carbocycles. The summed E-state index contributed by atoms with van der Waals surface area (Å²) in [6.45, 7) is 0. The minimum Gasteiger partial charge on any atom is -0.507 e. The maximum absolute atomic E-state index is 12.0. The monoisotopic (exact) mass is 249 g/mol. The molecule has 3 N–H and O–H groups in total. The lowest BCUT2D eigenvalue weighted by Gasteiger charge is -2.10. The molecule has 0 saturated heterocycles. The number of aromatic nitrogens is 2. The van der Waals surface area contributed by atoms with Crippen molar-refractivity contribution in [3.8, 4) is 5.75 Å². The van der Waals surface area contributed by atoms with Crippen molar-refractivity contribution in [2.24, 2.45) is 0 Å². The number of nitrogens with one attached hydrogen (secondary N) is 1. The Bertz CT molecular complexity index is 645. The number of aromatic hydroxyl groups is 1. The van der Waals surface area contributed by atoms with Gasteiger partial charge < -0.3 is 20.1 Å². The molecule has 0 aromatic carbocycles. The Kier molecular flexibility index (Phi) is 2.66. The van der Waals surface area contributed by atoms with Gasteiger partial charge in [-0.25, -0.2) is 9.78 Å². The first-order valence-corrected chi connectivity index (χ1v) is 5.08. The summed E-state index contributed by atoms with van der Waals surface area (Å²) < 4.78 is 0. The second kappa shape index (κ2) is 4.02. The van der Waals surface area contributed by atoms with Crippen LogP contribution in [0.5, 0.6) is 5.75 Å². The first kappa shape index (κ1) is 11.9. The number of pyridine rings is 1. The number of aromatic amines is 1. The van der Waals surface area contributed by atoms with E-state index in [0.717, 1.165) is 0 Å². The standard InChI is InChI=1S/C11H11N3O4/c1-14(2)10(16)7-6-5(15)3-4-12-9(6)13-8(7)11(17)18/h3-4H,1-2H3,(H,17,18)(H2,12,13,15). The molecule has 0 atom stereocenters. The highest BCUT2D eigenvalue weighted by molar-refractivity contribution is 6.14. The lowest BCUT2D eigenvalue weighted by Crippen LogP contribution is -2.23. The van der Waals surface area contributed by atoms with E-state index in [-0.39, 0.29) is 28.0 Å². The van der Waals surface area contributed by atoms with Crippen LogP contribution >= 0.6 is 0 Å². The number of carboxylic acids is 1. The third-order valence-electron chi connectivity index (χ3n) is 2.51. The van der Waals surface area contributed by atoms with Gasteiger partial charge in [-0.05, 0) is 6.07 Å². The normalized spacial score (nSPS) is 10.6. The van der Waals surface area contributed by atoms with Crippen LogP contribution < -0.4 is 0 Å². The van der Waals surface area contributed by atoms with Crippen LogP contribution in [0.4, 0.5) is 0 Å². The Morgan fingerprint density at radius 2 is 2.06 bits per heavy atom. The number of hydrogen-bond acceptors (Lipinski definition) is 4. The SMILES string of the molecule is CN(C)C(=O)c1c(C(=O)O)[nH]c2nccc(O)c12. The number of nitrogens with zero attached hydrogens (tertiary/aromatic N) is 2. The van der Waals surface area contributed by atoms with E-state index in [9.17, 15) is 14.7 Å². The number of hydrogen-bond donors (Lipinski definition) is 3. The minimum absolute atomic E-state index is 0.0897. The summed E-state index contributed by atoms with van der Waals surface area (Å²) >= 11 is 0. The molecule has 2 rings (SSSR count). The largest absolute Gasteiger partial charge is 0.507 e. The Labute approximate surface area is 102 Å². The van der Waals surface area contributed by atoms with Gasteiger partial charge in [0.1, 0.15) is 17.1 Å². The van der Waals surface area contributed by atoms with E-state index in [4.69, 9.17) is 5.11 Å². The van der Waals surface area contributed by atoms with E-state index < -0.39 is 11.9 Å². The highest BCUT2D eigenvalue weighted by Gasteiger charge is 2.26. The molecular formula is C11H11N3O4. The Balaban J connectivity index is 2.85. The molecule has 0 saturated carbocycles. The molecule has 0 fully saturated rings. The van der Waals surface area contributed by atoms with Crippen molar-refractivity contribution < 1.29 is 19.8 Å². The fourth-order valence-electron chi connectivity index (χ4n) is 1.70. The van der Waals surface area contributed by atoms with Gasteiger partial charge in [-0.2, -0.15) is 0 Å². The second-order valence-electron chi connectivity index (χ2n) is 3.93. The fourth-order valence-corrected chi connectivity index (χ4v) is 1.70. The van der Waals surface area contributed by atoms with E-state index in [0.29, 0.717) is 0 Å². The molecule has 18 heavy (non-hydrogen) atoms. The molecule has 0 unspecified atom stereocenters. The summed E-state index contributed by atoms with van der Waals surface area (Å²) in [4.78, 5) is 30.8. The topological polar surface area (TPSA) is 107 Å². The predicted molar refractivity (Wildman–Crippen MR) is 62.7 cm³/mol. The minimum atomic E-state index is -1.28. The zero-order valence-corrected chi connectivity index (χ0v) is 9.76. The average molecular weight is 249 g/mol. The molecule has 2 aromatic rings. The van der Waals surface area contributed by atoms with Crippen molar-refractivity contribution >= 4 is 22.9 Å². The van der Waals surface area contributed by atoms with Gasteiger partial charge in [-0.1, -0.05) is 0 Å². The summed E-state index contributed by atoms with van der Waals surface area (Å²) in [6.07, 6.45) is 1.32. The van der Waals surface area contributed by atoms with Crippen molar-refractivity contribution in [1.29, 1.82) is 0 Å². The molecule has 0 aliphatic rings. The van der Waals surface area contributed by atoms with Gasteiger partial charge in [0.15, 0.2) is 0 Å². The average Bonchev–Trinajstić information content (AvgIpc) is 2.68. The summed E-state index contributed by atoms with van der Waals surface area (Å²) in [7, 11) is 3.00. The molecule has 7 nitrogen and oxygen atoms in total. The van der Waals surface area contributed by atoms with Crippen molar-refractivity contribution in [3.05, 3.63) is 23.5 Å². The second-order valence-corrected chi connectivity index (χ2v) is 3.93. The number of amides is 1. The van der Waals surface area contributed by atoms with Gasteiger partial charge in [0.25, 0.3) is 5.91 Å². The van der Waals surface area contributed by atoms with Crippen LogP contribution in [0.3, 0.4) is 0 Å². The molecular weight excluding hydrogens is 238 g/mol. The number of carbonyl (C=O) groups is 2. The fraction of sp³-hybridized carbons (Fsp3) is 0.182. The zero-order valence-electron chi connectivity index (χ0n) is 9.76. The Morgan fingerprint density at radius 3 is 2.61 bits per heavy atom. The maximum atomic E-state index is 12.0.